The second kappa shape index (κ2) is 7.48. The molecular formula is C18H22ClNO. The molecule has 2 aromatic carbocycles. The molecule has 0 aromatic heterocycles. The van der Waals surface area contributed by atoms with Crippen molar-refractivity contribution in [1.29, 1.82) is 0 Å². The number of para-hydroxylation sites is 1. The van der Waals surface area contributed by atoms with Gasteiger partial charge in [-0.25, -0.2) is 0 Å². The quantitative estimate of drug-likeness (QED) is 0.883. The van der Waals surface area contributed by atoms with Gasteiger partial charge in [-0.05, 0) is 30.4 Å². The van der Waals surface area contributed by atoms with Crippen LogP contribution in [0.4, 0.5) is 0 Å². The van der Waals surface area contributed by atoms with Gasteiger partial charge in [0.2, 0.25) is 0 Å². The number of nitrogens with two attached hydrogens (primary N) is 1. The highest BCUT2D eigenvalue weighted by Gasteiger charge is 2.27. The second-order valence-corrected chi connectivity index (χ2v) is 5.53. The van der Waals surface area contributed by atoms with Gasteiger partial charge in [-0.1, -0.05) is 55.0 Å². The topological polar surface area (TPSA) is 35.2 Å². The van der Waals surface area contributed by atoms with E-state index in [-0.39, 0.29) is 18.4 Å². The molecule has 2 aromatic rings. The van der Waals surface area contributed by atoms with Gasteiger partial charge in [0.25, 0.3) is 0 Å². The zero-order chi connectivity index (χ0) is 13.8. The first-order valence-corrected chi connectivity index (χ1v) is 7.36. The first-order chi connectivity index (χ1) is 9.84. The summed E-state index contributed by atoms with van der Waals surface area (Å²) in [5.41, 5.74) is 8.72. The molecule has 3 heteroatoms. The van der Waals surface area contributed by atoms with Crippen LogP contribution < -0.4 is 10.5 Å². The van der Waals surface area contributed by atoms with Gasteiger partial charge in [0.05, 0.1) is 0 Å². The Morgan fingerprint density at radius 2 is 1.67 bits per heavy atom. The zero-order valence-electron chi connectivity index (χ0n) is 12.1. The van der Waals surface area contributed by atoms with Gasteiger partial charge < -0.3 is 10.5 Å². The summed E-state index contributed by atoms with van der Waals surface area (Å²) in [6, 6.07) is 18.5. The van der Waals surface area contributed by atoms with E-state index in [4.69, 9.17) is 10.5 Å². The molecule has 3 rings (SSSR count). The van der Waals surface area contributed by atoms with Crippen molar-refractivity contribution in [3.63, 3.8) is 0 Å². The monoisotopic (exact) mass is 303 g/mol. The fourth-order valence-electron chi connectivity index (χ4n) is 2.68. The SMILES string of the molecule is Cl.N[C@H](c1ccccc1OCc1ccccc1)C1CCC1. The molecule has 0 heterocycles. The molecule has 0 amide bonds. The normalized spacial score (nSPS) is 15.7. The molecule has 1 aliphatic carbocycles. The van der Waals surface area contributed by atoms with Crippen molar-refractivity contribution in [2.75, 3.05) is 0 Å². The third kappa shape index (κ3) is 3.78. The first-order valence-electron chi connectivity index (χ1n) is 7.36. The predicted octanol–water partition coefficient (Wildman–Crippen LogP) is 4.49. The predicted molar refractivity (Wildman–Crippen MR) is 88.7 cm³/mol. The Hall–Kier alpha value is -1.51. The van der Waals surface area contributed by atoms with Crippen molar-refractivity contribution < 1.29 is 4.74 Å². The zero-order valence-corrected chi connectivity index (χ0v) is 12.9. The molecule has 0 unspecified atom stereocenters. The molecule has 2 N–H and O–H groups in total. The summed E-state index contributed by atoms with van der Waals surface area (Å²) in [5.74, 6) is 1.55. The fraction of sp³-hybridized carbons (Fsp3) is 0.333. The Balaban J connectivity index is 0.00000161. The van der Waals surface area contributed by atoms with Crippen LogP contribution in [-0.2, 0) is 6.61 Å². The Labute approximate surface area is 132 Å². The summed E-state index contributed by atoms with van der Waals surface area (Å²) in [6.45, 7) is 0.592. The van der Waals surface area contributed by atoms with Crippen molar-refractivity contribution in [1.82, 2.24) is 0 Å². The summed E-state index contributed by atoms with van der Waals surface area (Å²) in [7, 11) is 0. The molecule has 0 radical (unpaired) electrons. The van der Waals surface area contributed by atoms with Gasteiger partial charge in [-0.3, -0.25) is 0 Å². The number of benzene rings is 2. The van der Waals surface area contributed by atoms with E-state index in [1.165, 1.54) is 24.8 Å². The molecular weight excluding hydrogens is 282 g/mol. The van der Waals surface area contributed by atoms with Crippen molar-refractivity contribution in [3.05, 3.63) is 65.7 Å². The smallest absolute Gasteiger partial charge is 0.124 e. The standard InChI is InChI=1S/C18H21NO.ClH/c19-18(15-9-6-10-15)16-11-4-5-12-17(16)20-13-14-7-2-1-3-8-14;/h1-5,7-8,11-12,15,18H,6,9-10,13,19H2;1H/t18-;/m0./s1. The van der Waals surface area contributed by atoms with E-state index in [2.05, 4.69) is 18.2 Å². The molecule has 0 bridgehead atoms. The average Bonchev–Trinajstić information content (AvgIpc) is 2.45. The Kier molecular flexibility index (Phi) is 5.66. The number of rotatable bonds is 5. The van der Waals surface area contributed by atoms with Gasteiger partial charge in [0.15, 0.2) is 0 Å². The van der Waals surface area contributed by atoms with E-state index < -0.39 is 0 Å². The van der Waals surface area contributed by atoms with Crippen LogP contribution in [0, 0.1) is 5.92 Å². The minimum Gasteiger partial charge on any atom is -0.489 e. The number of ether oxygens (including phenoxy) is 1. The van der Waals surface area contributed by atoms with Crippen LogP contribution >= 0.6 is 12.4 Å². The lowest BCUT2D eigenvalue weighted by atomic mass is 9.77. The lowest BCUT2D eigenvalue weighted by Gasteiger charge is -2.32. The molecule has 1 fully saturated rings. The van der Waals surface area contributed by atoms with Crippen LogP contribution in [0.15, 0.2) is 54.6 Å². The Morgan fingerprint density at radius 3 is 2.33 bits per heavy atom. The summed E-state index contributed by atoms with van der Waals surface area (Å²) in [4.78, 5) is 0. The third-order valence-electron chi connectivity index (χ3n) is 4.17. The highest BCUT2D eigenvalue weighted by atomic mass is 35.5. The average molecular weight is 304 g/mol. The van der Waals surface area contributed by atoms with E-state index in [0.29, 0.717) is 12.5 Å². The molecule has 0 spiro atoms. The number of hydrogen-bond acceptors (Lipinski definition) is 2. The molecule has 1 saturated carbocycles. The third-order valence-corrected chi connectivity index (χ3v) is 4.17. The van der Waals surface area contributed by atoms with Crippen LogP contribution in [-0.4, -0.2) is 0 Å². The largest absolute Gasteiger partial charge is 0.489 e. The minimum absolute atomic E-state index is 0. The Bertz CT molecular complexity index is 554. The van der Waals surface area contributed by atoms with Crippen LogP contribution in [0.3, 0.4) is 0 Å². The number of halogens is 1. The van der Waals surface area contributed by atoms with Gasteiger partial charge in [-0.2, -0.15) is 0 Å². The van der Waals surface area contributed by atoms with E-state index in [1.54, 1.807) is 0 Å². The van der Waals surface area contributed by atoms with Crippen LogP contribution in [0.1, 0.15) is 36.4 Å². The van der Waals surface area contributed by atoms with Gasteiger partial charge >= 0.3 is 0 Å². The van der Waals surface area contributed by atoms with E-state index in [0.717, 1.165) is 11.3 Å². The van der Waals surface area contributed by atoms with E-state index >= 15 is 0 Å². The molecule has 112 valence electrons. The van der Waals surface area contributed by atoms with Crippen molar-refractivity contribution >= 4 is 12.4 Å². The van der Waals surface area contributed by atoms with E-state index in [1.807, 2.05) is 36.4 Å². The van der Waals surface area contributed by atoms with Gasteiger partial charge in [0, 0.05) is 11.6 Å². The summed E-state index contributed by atoms with van der Waals surface area (Å²) < 4.78 is 5.98. The molecule has 1 aliphatic rings. The van der Waals surface area contributed by atoms with Crippen molar-refractivity contribution in [2.45, 2.75) is 31.9 Å². The van der Waals surface area contributed by atoms with Gasteiger partial charge in [0.1, 0.15) is 12.4 Å². The molecule has 0 aliphatic heterocycles. The molecule has 1 atom stereocenters. The summed E-state index contributed by atoms with van der Waals surface area (Å²) >= 11 is 0. The number of hydrogen-bond donors (Lipinski definition) is 1. The van der Waals surface area contributed by atoms with Crippen molar-refractivity contribution in [2.24, 2.45) is 11.7 Å². The van der Waals surface area contributed by atoms with Crippen molar-refractivity contribution in [3.8, 4) is 5.75 Å². The van der Waals surface area contributed by atoms with Gasteiger partial charge in [-0.15, -0.1) is 12.4 Å². The second-order valence-electron chi connectivity index (χ2n) is 5.53. The molecule has 21 heavy (non-hydrogen) atoms. The highest BCUT2D eigenvalue weighted by molar-refractivity contribution is 5.85. The van der Waals surface area contributed by atoms with Crippen LogP contribution in [0.5, 0.6) is 5.75 Å². The van der Waals surface area contributed by atoms with E-state index in [9.17, 15) is 0 Å². The highest BCUT2D eigenvalue weighted by Crippen LogP contribution is 2.39. The molecule has 2 nitrogen and oxygen atoms in total. The summed E-state index contributed by atoms with van der Waals surface area (Å²) in [6.07, 6.45) is 3.80. The maximum Gasteiger partial charge on any atom is 0.124 e. The minimum atomic E-state index is 0. The summed E-state index contributed by atoms with van der Waals surface area (Å²) in [5, 5.41) is 0. The molecule has 0 saturated heterocycles. The first kappa shape index (κ1) is 15.9. The maximum absolute atomic E-state index is 6.39. The van der Waals surface area contributed by atoms with Crippen LogP contribution in [0.25, 0.3) is 0 Å². The maximum atomic E-state index is 6.39. The lowest BCUT2D eigenvalue weighted by Crippen LogP contribution is -2.27. The fourth-order valence-corrected chi connectivity index (χ4v) is 2.68. The van der Waals surface area contributed by atoms with Crippen LogP contribution in [0.2, 0.25) is 0 Å². The lowest BCUT2D eigenvalue weighted by molar-refractivity contribution is 0.251. The Morgan fingerprint density at radius 1 is 1.00 bits per heavy atom.